The van der Waals surface area contributed by atoms with Crippen LogP contribution in [-0.4, -0.2) is 64.9 Å². The van der Waals surface area contributed by atoms with Crippen molar-refractivity contribution >= 4 is 23.3 Å². The van der Waals surface area contributed by atoms with Gasteiger partial charge in [-0.15, -0.1) is 0 Å². The van der Waals surface area contributed by atoms with Crippen LogP contribution in [0.1, 0.15) is 17.0 Å². The van der Waals surface area contributed by atoms with Gasteiger partial charge in [0.2, 0.25) is 0 Å². The van der Waals surface area contributed by atoms with Crippen molar-refractivity contribution < 1.29 is 9.53 Å². The molecule has 1 aliphatic rings. The van der Waals surface area contributed by atoms with Gasteiger partial charge >= 0.3 is 6.03 Å². The smallest absolute Gasteiger partial charge is 0.322 e. The molecule has 152 valence electrons. The Morgan fingerprint density at radius 3 is 2.54 bits per heavy atom. The lowest BCUT2D eigenvalue weighted by atomic mass is 10.2. The first-order valence-electron chi connectivity index (χ1n) is 9.52. The molecule has 0 spiro atoms. The number of amides is 2. The van der Waals surface area contributed by atoms with E-state index >= 15 is 0 Å². The summed E-state index contributed by atoms with van der Waals surface area (Å²) in [4.78, 5) is 16.7. The summed E-state index contributed by atoms with van der Waals surface area (Å²) in [7, 11) is 1.88. The monoisotopic (exact) mass is 405 g/mol. The fourth-order valence-electron chi connectivity index (χ4n) is 3.37. The first-order chi connectivity index (χ1) is 13.3. The molecule has 8 heteroatoms. The second kappa shape index (κ2) is 8.84. The number of hydrogen-bond donors (Lipinski definition) is 1. The van der Waals surface area contributed by atoms with Crippen molar-refractivity contribution in [2.24, 2.45) is 7.05 Å². The van der Waals surface area contributed by atoms with Crippen molar-refractivity contribution in [3.05, 3.63) is 40.2 Å². The Balaban J connectivity index is 1.43. The summed E-state index contributed by atoms with van der Waals surface area (Å²) in [6.07, 6.45) is 0. The van der Waals surface area contributed by atoms with Gasteiger partial charge in [-0.1, -0.05) is 11.6 Å². The van der Waals surface area contributed by atoms with Gasteiger partial charge in [0.05, 0.1) is 17.1 Å². The van der Waals surface area contributed by atoms with Crippen molar-refractivity contribution in [2.75, 3.05) is 44.6 Å². The zero-order valence-electron chi connectivity index (χ0n) is 17.0. The molecule has 2 aromatic rings. The van der Waals surface area contributed by atoms with E-state index < -0.39 is 0 Å². The molecule has 1 fully saturated rings. The molecule has 1 aromatic carbocycles. The van der Waals surface area contributed by atoms with Crippen LogP contribution in [0.4, 0.5) is 10.5 Å². The molecule has 0 saturated carbocycles. The third-order valence-electron chi connectivity index (χ3n) is 5.20. The number of nitrogens with one attached hydrogen (secondary N) is 1. The number of benzene rings is 1. The van der Waals surface area contributed by atoms with Crippen LogP contribution in [0.5, 0.6) is 5.75 Å². The number of rotatable bonds is 5. The topological polar surface area (TPSA) is 62.6 Å². The van der Waals surface area contributed by atoms with Crippen LogP contribution < -0.4 is 10.1 Å². The zero-order valence-corrected chi connectivity index (χ0v) is 17.7. The highest BCUT2D eigenvalue weighted by Crippen LogP contribution is 2.22. The molecule has 28 heavy (non-hydrogen) atoms. The van der Waals surface area contributed by atoms with E-state index in [9.17, 15) is 4.79 Å². The van der Waals surface area contributed by atoms with Crippen LogP contribution in [0.25, 0.3) is 0 Å². The quantitative estimate of drug-likeness (QED) is 0.829. The Bertz CT molecular complexity index is 843. The molecule has 7 nitrogen and oxygen atoms in total. The third kappa shape index (κ3) is 4.77. The molecule has 3 rings (SSSR count). The van der Waals surface area contributed by atoms with Crippen molar-refractivity contribution in [1.29, 1.82) is 0 Å². The molecule has 0 atom stereocenters. The minimum atomic E-state index is -0.0631. The predicted octanol–water partition coefficient (Wildman–Crippen LogP) is 3.23. The number of ether oxygens (including phenoxy) is 1. The molecular formula is C20H28ClN5O2. The van der Waals surface area contributed by atoms with Gasteiger partial charge in [-0.3, -0.25) is 9.58 Å². The average molecular weight is 406 g/mol. The third-order valence-corrected chi connectivity index (χ3v) is 5.44. The van der Waals surface area contributed by atoms with E-state index in [0.29, 0.717) is 19.7 Å². The van der Waals surface area contributed by atoms with Crippen LogP contribution in [0.3, 0.4) is 0 Å². The van der Waals surface area contributed by atoms with Crippen LogP contribution in [0.2, 0.25) is 5.02 Å². The molecule has 0 unspecified atom stereocenters. The number of piperazine rings is 1. The molecule has 0 radical (unpaired) electrons. The summed E-state index contributed by atoms with van der Waals surface area (Å²) in [5.41, 5.74) is 3.64. The summed E-state index contributed by atoms with van der Waals surface area (Å²) in [5.74, 6) is 0.865. The lowest BCUT2D eigenvalue weighted by Crippen LogP contribution is -2.50. The maximum atomic E-state index is 12.6. The molecule has 0 bridgehead atoms. The second-order valence-corrected chi connectivity index (χ2v) is 7.62. The number of carbonyl (C=O) groups excluding carboxylic acids is 1. The van der Waals surface area contributed by atoms with Crippen LogP contribution in [0.15, 0.2) is 18.2 Å². The Kier molecular flexibility index (Phi) is 6.46. The maximum absolute atomic E-state index is 12.6. The first-order valence-corrected chi connectivity index (χ1v) is 9.90. The number of hydrogen-bond acceptors (Lipinski definition) is 4. The number of urea groups is 1. The van der Waals surface area contributed by atoms with Crippen LogP contribution in [-0.2, 0) is 7.05 Å². The van der Waals surface area contributed by atoms with Gasteiger partial charge in [-0.05, 0) is 44.5 Å². The Morgan fingerprint density at radius 1 is 1.21 bits per heavy atom. The predicted molar refractivity (Wildman–Crippen MR) is 111 cm³/mol. The summed E-state index contributed by atoms with van der Waals surface area (Å²) in [5, 5.41) is 8.07. The summed E-state index contributed by atoms with van der Waals surface area (Å²) < 4.78 is 7.66. The number of halogens is 1. The Labute approximate surface area is 171 Å². The highest BCUT2D eigenvalue weighted by Gasteiger charge is 2.22. The zero-order chi connectivity index (χ0) is 20.3. The van der Waals surface area contributed by atoms with Crippen molar-refractivity contribution in [3.8, 4) is 5.75 Å². The molecule has 1 aliphatic heterocycles. The van der Waals surface area contributed by atoms with Crippen molar-refractivity contribution in [1.82, 2.24) is 19.6 Å². The maximum Gasteiger partial charge on any atom is 0.322 e. The Morgan fingerprint density at radius 2 is 1.93 bits per heavy atom. The van der Waals surface area contributed by atoms with E-state index in [1.807, 2.05) is 50.9 Å². The summed E-state index contributed by atoms with van der Waals surface area (Å²) >= 11 is 5.98. The van der Waals surface area contributed by atoms with Crippen LogP contribution in [0, 0.1) is 20.8 Å². The SMILES string of the molecule is Cc1cc(Cl)ccc1OCCN1CCN(C(=O)Nc2c(C)nn(C)c2C)CC1. The van der Waals surface area contributed by atoms with Gasteiger partial charge < -0.3 is 15.0 Å². The van der Waals surface area contributed by atoms with Crippen LogP contribution >= 0.6 is 11.6 Å². The highest BCUT2D eigenvalue weighted by atomic mass is 35.5. The normalized spacial score (nSPS) is 15.0. The van der Waals surface area contributed by atoms with E-state index in [1.54, 1.807) is 4.68 Å². The van der Waals surface area contributed by atoms with Crippen molar-refractivity contribution in [3.63, 3.8) is 0 Å². The Hall–Kier alpha value is -2.25. The van der Waals surface area contributed by atoms with Gasteiger partial charge in [0.15, 0.2) is 0 Å². The molecule has 2 amide bonds. The van der Waals surface area contributed by atoms with E-state index in [4.69, 9.17) is 16.3 Å². The second-order valence-electron chi connectivity index (χ2n) is 7.19. The fraction of sp³-hybridized carbons (Fsp3) is 0.500. The fourth-order valence-corrected chi connectivity index (χ4v) is 3.60. The lowest BCUT2D eigenvalue weighted by Gasteiger charge is -2.34. The largest absolute Gasteiger partial charge is 0.492 e. The van der Waals surface area contributed by atoms with Gasteiger partial charge in [0.25, 0.3) is 0 Å². The minimum absolute atomic E-state index is 0.0631. The number of nitrogens with zero attached hydrogens (tertiary/aromatic N) is 4. The molecule has 1 N–H and O–H groups in total. The van der Waals surface area contributed by atoms with Gasteiger partial charge in [0.1, 0.15) is 12.4 Å². The molecule has 1 saturated heterocycles. The molecular weight excluding hydrogens is 378 g/mol. The number of carbonyl (C=O) groups is 1. The van der Waals surface area contributed by atoms with E-state index in [-0.39, 0.29) is 6.03 Å². The average Bonchev–Trinajstić information content (AvgIpc) is 2.90. The first kappa shape index (κ1) is 20.5. The van der Waals surface area contributed by atoms with E-state index in [2.05, 4.69) is 15.3 Å². The molecule has 1 aromatic heterocycles. The summed E-state index contributed by atoms with van der Waals surface area (Å²) in [6.45, 7) is 10.4. The van der Waals surface area contributed by atoms with Gasteiger partial charge in [-0.2, -0.15) is 5.10 Å². The number of anilines is 1. The molecule has 0 aliphatic carbocycles. The minimum Gasteiger partial charge on any atom is -0.492 e. The lowest BCUT2D eigenvalue weighted by molar-refractivity contribution is 0.132. The van der Waals surface area contributed by atoms with Gasteiger partial charge in [0, 0.05) is 44.8 Å². The van der Waals surface area contributed by atoms with Gasteiger partial charge in [-0.25, -0.2) is 4.79 Å². The van der Waals surface area contributed by atoms with E-state index in [0.717, 1.165) is 53.0 Å². The van der Waals surface area contributed by atoms with E-state index in [1.165, 1.54) is 0 Å². The van der Waals surface area contributed by atoms with Crippen molar-refractivity contribution in [2.45, 2.75) is 20.8 Å². The number of aromatic nitrogens is 2. The highest BCUT2D eigenvalue weighted by molar-refractivity contribution is 6.30. The number of aryl methyl sites for hydroxylation is 3. The standard InChI is InChI=1S/C20H28ClN5O2/c1-14-13-17(21)5-6-18(14)28-12-11-25-7-9-26(10-8-25)20(27)22-19-15(2)23-24(4)16(19)3/h5-6,13H,7-12H2,1-4H3,(H,22,27). The molecule has 2 heterocycles. The summed E-state index contributed by atoms with van der Waals surface area (Å²) in [6, 6.07) is 5.59.